The van der Waals surface area contributed by atoms with Crippen LogP contribution in [-0.2, 0) is 0 Å². The Bertz CT molecular complexity index is 3210. The molecule has 0 radical (unpaired) electrons. The number of rotatable bonds is 5. The lowest BCUT2D eigenvalue weighted by Crippen LogP contribution is -2.43. The highest BCUT2D eigenvalue weighted by Gasteiger charge is 2.55. The number of fused-ring (bicyclic) bond motifs is 9. The minimum atomic E-state index is -0.245. The molecule has 3 heterocycles. The maximum Gasteiger partial charge on any atom is 0.150 e. The van der Waals surface area contributed by atoms with E-state index < -0.39 is 0 Å². The third-order valence-electron chi connectivity index (χ3n) is 16.3. The van der Waals surface area contributed by atoms with Crippen molar-refractivity contribution in [3.63, 3.8) is 0 Å². The molecule has 1 N–H and O–H groups in total. The summed E-state index contributed by atoms with van der Waals surface area (Å²) < 4.78 is 0. The molecular formula is C61H53N5. The van der Waals surface area contributed by atoms with E-state index in [1.165, 1.54) is 56.1 Å². The molecule has 14 rings (SSSR count). The molecule has 5 nitrogen and oxygen atoms in total. The molecule has 9 atom stereocenters. The SMILES string of the molecule is C1=CCC(C2N=C(c3cccc4ccccc34)NC(c3cccc4c(N5C6=Cc7ccccc7C(N7C8=C(C=C9C=CC=CC9C8)C8C=CCCC87)C6C6C=CCCC65)cccc34)=N2)C=C1. The summed E-state index contributed by atoms with van der Waals surface area (Å²) in [6.07, 6.45) is 39.7. The zero-order valence-electron chi connectivity index (χ0n) is 37.1. The molecule has 66 heavy (non-hydrogen) atoms. The second kappa shape index (κ2) is 15.3. The Kier molecular flexibility index (Phi) is 8.88. The van der Waals surface area contributed by atoms with Crippen LogP contribution in [0.1, 0.15) is 66.8 Å². The number of hydrogen-bond acceptors (Lipinski definition) is 5. The molecular weight excluding hydrogens is 803 g/mol. The second-order valence-electron chi connectivity index (χ2n) is 19.7. The van der Waals surface area contributed by atoms with Crippen LogP contribution in [0.3, 0.4) is 0 Å². The Hall–Kier alpha value is -6.98. The highest BCUT2D eigenvalue weighted by molar-refractivity contribution is 6.23. The van der Waals surface area contributed by atoms with Gasteiger partial charge in [0.1, 0.15) is 11.7 Å². The molecule has 0 amide bonds. The third-order valence-corrected chi connectivity index (χ3v) is 16.3. The first-order chi connectivity index (χ1) is 32.7. The largest absolute Gasteiger partial charge is 0.363 e. The first-order valence-electron chi connectivity index (χ1n) is 24.5. The zero-order chi connectivity index (χ0) is 43.3. The Morgan fingerprint density at radius 3 is 2.29 bits per heavy atom. The Morgan fingerprint density at radius 2 is 1.38 bits per heavy atom. The first-order valence-corrected chi connectivity index (χ1v) is 24.5. The van der Waals surface area contributed by atoms with Gasteiger partial charge in [-0.2, -0.15) is 0 Å². The lowest BCUT2D eigenvalue weighted by atomic mass is 9.73. The number of nitrogens with one attached hydrogen (secondary N) is 1. The summed E-state index contributed by atoms with van der Waals surface area (Å²) in [5.74, 6) is 3.51. The van der Waals surface area contributed by atoms with Crippen molar-refractivity contribution < 1.29 is 0 Å². The van der Waals surface area contributed by atoms with Gasteiger partial charge in [-0.3, -0.25) is 0 Å². The van der Waals surface area contributed by atoms with Gasteiger partial charge in [-0.15, -0.1) is 0 Å². The summed E-state index contributed by atoms with van der Waals surface area (Å²) in [6, 6.07) is 39.5. The summed E-state index contributed by atoms with van der Waals surface area (Å²) in [6.45, 7) is 0. The molecule has 9 aliphatic rings. The van der Waals surface area contributed by atoms with Crippen LogP contribution in [-0.4, -0.2) is 34.8 Å². The molecule has 6 aliphatic carbocycles. The van der Waals surface area contributed by atoms with Crippen LogP contribution in [0.2, 0.25) is 0 Å². The number of anilines is 1. The quantitative estimate of drug-likeness (QED) is 0.179. The number of allylic oxidation sites excluding steroid dienone is 12. The van der Waals surface area contributed by atoms with Crippen LogP contribution in [0.5, 0.6) is 0 Å². The van der Waals surface area contributed by atoms with E-state index >= 15 is 0 Å². The fourth-order valence-electron chi connectivity index (χ4n) is 13.5. The summed E-state index contributed by atoms with van der Waals surface area (Å²) in [4.78, 5) is 16.7. The Balaban J connectivity index is 0.903. The highest BCUT2D eigenvalue weighted by Crippen LogP contribution is 2.60. The fraction of sp³-hybridized carbons (Fsp3) is 0.246. The average molecular weight is 856 g/mol. The van der Waals surface area contributed by atoms with Crippen LogP contribution < -0.4 is 10.2 Å². The van der Waals surface area contributed by atoms with E-state index in [0.29, 0.717) is 35.8 Å². The monoisotopic (exact) mass is 855 g/mol. The van der Waals surface area contributed by atoms with Crippen molar-refractivity contribution in [3.05, 3.63) is 227 Å². The van der Waals surface area contributed by atoms with Gasteiger partial charge in [0, 0.05) is 75.3 Å². The van der Waals surface area contributed by atoms with Crippen molar-refractivity contribution in [1.29, 1.82) is 0 Å². The average Bonchev–Trinajstić information content (AvgIpc) is 3.88. The smallest absolute Gasteiger partial charge is 0.150 e. The van der Waals surface area contributed by atoms with Gasteiger partial charge < -0.3 is 15.1 Å². The van der Waals surface area contributed by atoms with Crippen molar-refractivity contribution in [2.45, 2.75) is 62.8 Å². The number of benzene rings is 5. The predicted molar refractivity (Wildman–Crippen MR) is 272 cm³/mol. The number of amidine groups is 2. The maximum absolute atomic E-state index is 5.48. The standard InChI is InChI=1S/C61H53N5/c1-2-18-39(19-3-1)59-62-60(48-30-14-23-38-17-6-8-24-43(38)48)64-61(63-59)49-31-15-29-46-45(49)28-16-34-52(46)65-54-33-13-11-27-50(54)57-56(65)37-42-22-7-9-25-44(42)58(57)66-53-32-12-10-26-47(53)51-35-40-20-4-5-21-41(40)36-55(51)66/h1-11,14-18,20-31,34-35,37,39,41,47,50,53-54,57-59H,12-13,19,32-33,36H2,(H,62,63,64). The van der Waals surface area contributed by atoms with Gasteiger partial charge in [0.25, 0.3) is 0 Å². The van der Waals surface area contributed by atoms with Crippen LogP contribution in [0.15, 0.2) is 215 Å². The molecule has 3 aliphatic heterocycles. The van der Waals surface area contributed by atoms with Crippen molar-refractivity contribution in [2.24, 2.45) is 39.6 Å². The minimum absolute atomic E-state index is 0.180. The summed E-state index contributed by atoms with van der Waals surface area (Å²) in [5, 5.41) is 8.70. The van der Waals surface area contributed by atoms with Crippen molar-refractivity contribution >= 4 is 45.0 Å². The van der Waals surface area contributed by atoms with E-state index in [1.54, 1.807) is 11.3 Å². The third kappa shape index (κ3) is 5.91. The lowest BCUT2D eigenvalue weighted by Gasteiger charge is -2.46. The zero-order valence-corrected chi connectivity index (χ0v) is 37.1. The van der Waals surface area contributed by atoms with Crippen LogP contribution >= 0.6 is 0 Å². The minimum Gasteiger partial charge on any atom is -0.363 e. The maximum atomic E-state index is 5.48. The molecule has 5 aromatic rings. The topological polar surface area (TPSA) is 43.2 Å². The molecule has 9 unspecified atom stereocenters. The van der Waals surface area contributed by atoms with E-state index in [9.17, 15) is 0 Å². The Morgan fingerprint density at radius 1 is 0.621 bits per heavy atom. The molecule has 5 heteroatoms. The van der Waals surface area contributed by atoms with Gasteiger partial charge in [-0.1, -0.05) is 176 Å². The van der Waals surface area contributed by atoms with E-state index in [4.69, 9.17) is 9.98 Å². The molecule has 1 fully saturated rings. The molecule has 1 saturated heterocycles. The number of hydrogen-bond donors (Lipinski definition) is 1. The van der Waals surface area contributed by atoms with Gasteiger partial charge in [0.05, 0.1) is 6.04 Å². The van der Waals surface area contributed by atoms with Gasteiger partial charge >= 0.3 is 0 Å². The Labute approximate surface area is 387 Å². The van der Waals surface area contributed by atoms with Gasteiger partial charge in [-0.05, 0) is 89.1 Å². The molecule has 5 aromatic carbocycles. The van der Waals surface area contributed by atoms with Crippen molar-refractivity contribution in [1.82, 2.24) is 10.2 Å². The van der Waals surface area contributed by atoms with E-state index in [0.717, 1.165) is 54.9 Å². The molecule has 0 saturated carbocycles. The van der Waals surface area contributed by atoms with Crippen molar-refractivity contribution in [3.8, 4) is 0 Å². The molecule has 0 bridgehead atoms. The predicted octanol–water partition coefficient (Wildman–Crippen LogP) is 13.1. The normalized spacial score (nSPS) is 29.9. The second-order valence-corrected chi connectivity index (χ2v) is 19.7. The molecule has 0 aromatic heterocycles. The van der Waals surface area contributed by atoms with Gasteiger partial charge in [0.2, 0.25) is 0 Å². The van der Waals surface area contributed by atoms with E-state index in [2.05, 4.69) is 203 Å². The van der Waals surface area contributed by atoms with Crippen LogP contribution in [0.4, 0.5) is 5.69 Å². The summed E-state index contributed by atoms with van der Waals surface area (Å²) in [7, 11) is 0. The lowest BCUT2D eigenvalue weighted by molar-refractivity contribution is 0.120. The molecule has 322 valence electrons. The molecule has 0 spiro atoms. The van der Waals surface area contributed by atoms with Gasteiger partial charge in [0.15, 0.2) is 6.17 Å². The summed E-state index contributed by atoms with van der Waals surface area (Å²) in [5.41, 5.74) is 12.5. The highest BCUT2D eigenvalue weighted by atomic mass is 15.3. The summed E-state index contributed by atoms with van der Waals surface area (Å²) >= 11 is 0. The van der Waals surface area contributed by atoms with Crippen LogP contribution in [0.25, 0.3) is 27.6 Å². The first kappa shape index (κ1) is 38.3. The van der Waals surface area contributed by atoms with E-state index in [1.807, 2.05) is 0 Å². The van der Waals surface area contributed by atoms with E-state index in [-0.39, 0.29) is 18.1 Å². The van der Waals surface area contributed by atoms with Crippen molar-refractivity contribution in [2.75, 3.05) is 4.90 Å². The van der Waals surface area contributed by atoms with Gasteiger partial charge in [-0.25, -0.2) is 9.98 Å². The number of aliphatic imine (C=N–C) groups is 2. The number of nitrogens with zero attached hydrogens (tertiary/aromatic N) is 4. The van der Waals surface area contributed by atoms with Crippen LogP contribution in [0, 0.1) is 29.6 Å². The fourth-order valence-corrected chi connectivity index (χ4v) is 13.5.